The number of fused-ring (bicyclic) bond motifs is 4. The molecule has 228 valence electrons. The molecule has 0 saturated heterocycles. The van der Waals surface area contributed by atoms with Gasteiger partial charge >= 0.3 is 6.09 Å². The molecule has 0 unspecified atom stereocenters. The lowest BCUT2D eigenvalue weighted by Crippen LogP contribution is -2.37. The van der Waals surface area contributed by atoms with E-state index < -0.39 is 11.9 Å². The number of benzene rings is 3. The number of anilines is 2. The average Bonchev–Trinajstić information content (AvgIpc) is 3.00. The van der Waals surface area contributed by atoms with Crippen molar-refractivity contribution in [2.45, 2.75) is 45.6 Å². The van der Waals surface area contributed by atoms with E-state index >= 15 is 4.39 Å². The second kappa shape index (κ2) is 13.0. The maximum Gasteiger partial charge on any atom is 0.411 e. The third kappa shape index (κ3) is 6.38. The van der Waals surface area contributed by atoms with E-state index in [1.165, 1.54) is 32.2 Å². The highest BCUT2D eigenvalue weighted by Crippen LogP contribution is 2.39. The van der Waals surface area contributed by atoms with Gasteiger partial charge in [-0.15, -0.1) is 0 Å². The first-order chi connectivity index (χ1) is 21.1. The number of amides is 3. The number of Topliss-reactive ketones (excluding diaryl/α,β-unsaturated/α-hetero) is 1. The fourth-order valence-electron chi connectivity index (χ4n) is 5.89. The van der Waals surface area contributed by atoms with Gasteiger partial charge in [0.2, 0.25) is 11.8 Å². The fraction of sp³-hybridized carbons (Fsp3) is 0.294. The van der Waals surface area contributed by atoms with Gasteiger partial charge in [-0.2, -0.15) is 0 Å². The van der Waals surface area contributed by atoms with Crippen molar-refractivity contribution in [2.75, 3.05) is 24.3 Å². The van der Waals surface area contributed by atoms with Crippen LogP contribution in [-0.4, -0.2) is 42.2 Å². The van der Waals surface area contributed by atoms with Crippen LogP contribution in [0.3, 0.4) is 0 Å². The Morgan fingerprint density at radius 1 is 1.09 bits per heavy atom. The summed E-state index contributed by atoms with van der Waals surface area (Å²) in [6, 6.07) is 15.6. The highest BCUT2D eigenvalue weighted by Gasteiger charge is 2.31. The van der Waals surface area contributed by atoms with E-state index in [2.05, 4.69) is 10.6 Å². The fourth-order valence-corrected chi connectivity index (χ4v) is 6.04. The summed E-state index contributed by atoms with van der Waals surface area (Å²) in [5, 5.41) is 5.55. The number of nitrogens with one attached hydrogen (secondary N) is 2. The van der Waals surface area contributed by atoms with Crippen molar-refractivity contribution in [1.82, 2.24) is 4.90 Å². The van der Waals surface area contributed by atoms with Crippen molar-refractivity contribution in [3.8, 4) is 11.1 Å². The summed E-state index contributed by atoms with van der Waals surface area (Å²) in [5.41, 5.74) is 4.22. The molecular weight excluding hydrogens is 585 g/mol. The van der Waals surface area contributed by atoms with E-state index in [4.69, 9.17) is 16.3 Å². The lowest BCUT2D eigenvalue weighted by molar-refractivity contribution is -0.129. The van der Waals surface area contributed by atoms with Gasteiger partial charge in [-0.05, 0) is 73.2 Å². The number of ketones is 1. The zero-order chi connectivity index (χ0) is 31.5. The van der Waals surface area contributed by atoms with E-state index in [-0.39, 0.29) is 45.7 Å². The molecule has 2 atom stereocenters. The molecule has 8 nitrogen and oxygen atoms in total. The number of rotatable bonds is 4. The highest BCUT2D eigenvalue weighted by molar-refractivity contribution is 6.31. The first kappa shape index (κ1) is 30.9. The quantitative estimate of drug-likeness (QED) is 0.293. The molecule has 3 aromatic rings. The molecular formula is C34H33ClFN3O5. The van der Waals surface area contributed by atoms with E-state index in [1.807, 2.05) is 37.3 Å². The Balaban J connectivity index is 1.53. The van der Waals surface area contributed by atoms with Crippen molar-refractivity contribution >= 4 is 52.2 Å². The monoisotopic (exact) mass is 617 g/mol. The molecule has 0 radical (unpaired) electrons. The predicted molar refractivity (Wildman–Crippen MR) is 168 cm³/mol. The van der Waals surface area contributed by atoms with Crippen LogP contribution in [0.5, 0.6) is 0 Å². The Morgan fingerprint density at radius 2 is 1.89 bits per heavy atom. The molecule has 0 aliphatic carbocycles. The lowest BCUT2D eigenvalue weighted by Gasteiger charge is -2.35. The predicted octanol–water partition coefficient (Wildman–Crippen LogP) is 7.64. The number of methoxy groups -OCH3 is 1. The molecule has 2 N–H and O–H groups in total. The summed E-state index contributed by atoms with van der Waals surface area (Å²) < 4.78 is 19.9. The molecule has 2 heterocycles. The van der Waals surface area contributed by atoms with Crippen LogP contribution in [-0.2, 0) is 14.3 Å². The van der Waals surface area contributed by atoms with Crippen molar-refractivity contribution in [2.24, 2.45) is 5.92 Å². The summed E-state index contributed by atoms with van der Waals surface area (Å²) >= 11 is 6.06. The van der Waals surface area contributed by atoms with Crippen LogP contribution >= 0.6 is 11.6 Å². The number of carbonyl (C=O) groups is 4. The zero-order valence-electron chi connectivity index (χ0n) is 24.7. The minimum absolute atomic E-state index is 0.0798. The first-order valence-corrected chi connectivity index (χ1v) is 14.9. The second-order valence-electron chi connectivity index (χ2n) is 11.1. The molecule has 0 aromatic heterocycles. The van der Waals surface area contributed by atoms with Gasteiger partial charge in [0.25, 0.3) is 0 Å². The Bertz CT molecular complexity index is 1690. The van der Waals surface area contributed by atoms with Crippen LogP contribution in [0.15, 0.2) is 60.7 Å². The molecule has 10 heteroatoms. The highest BCUT2D eigenvalue weighted by atomic mass is 35.5. The molecule has 2 aliphatic rings. The maximum atomic E-state index is 15.2. The van der Waals surface area contributed by atoms with Crippen LogP contribution in [0.25, 0.3) is 16.7 Å². The molecule has 2 bridgehead atoms. The van der Waals surface area contributed by atoms with E-state index in [0.29, 0.717) is 49.2 Å². The van der Waals surface area contributed by atoms with Crippen LogP contribution in [0, 0.1) is 11.7 Å². The van der Waals surface area contributed by atoms with Crippen molar-refractivity contribution in [3.05, 3.63) is 88.2 Å². The topological polar surface area (TPSA) is 105 Å². The van der Waals surface area contributed by atoms with Gasteiger partial charge in [0.1, 0.15) is 5.82 Å². The Kier molecular flexibility index (Phi) is 9.15. The van der Waals surface area contributed by atoms with Crippen LogP contribution in [0.4, 0.5) is 20.6 Å². The molecule has 0 saturated carbocycles. The van der Waals surface area contributed by atoms with Gasteiger partial charge in [-0.25, -0.2) is 9.18 Å². The molecule has 3 amide bonds. The number of hydrogen-bond acceptors (Lipinski definition) is 5. The van der Waals surface area contributed by atoms with Crippen LogP contribution in [0.1, 0.15) is 67.1 Å². The Morgan fingerprint density at radius 3 is 2.61 bits per heavy atom. The normalized spacial score (nSPS) is 18.7. The average molecular weight is 618 g/mol. The van der Waals surface area contributed by atoms with Crippen molar-refractivity contribution < 1.29 is 28.3 Å². The summed E-state index contributed by atoms with van der Waals surface area (Å²) in [5.74, 6) is -1.76. The summed E-state index contributed by atoms with van der Waals surface area (Å²) in [6.07, 6.45) is 3.02. The molecule has 0 spiro atoms. The number of hydrogen-bond donors (Lipinski definition) is 2. The maximum absolute atomic E-state index is 15.2. The van der Waals surface area contributed by atoms with Gasteiger partial charge in [0.05, 0.1) is 23.9 Å². The van der Waals surface area contributed by atoms with Gasteiger partial charge in [-0.1, -0.05) is 49.2 Å². The van der Waals surface area contributed by atoms with Gasteiger partial charge in [0.15, 0.2) is 5.78 Å². The summed E-state index contributed by atoms with van der Waals surface area (Å²) in [7, 11) is 1.27. The molecule has 44 heavy (non-hydrogen) atoms. The van der Waals surface area contributed by atoms with E-state index in [1.54, 1.807) is 17.0 Å². The first-order valence-electron chi connectivity index (χ1n) is 14.5. The lowest BCUT2D eigenvalue weighted by atomic mass is 9.89. The van der Waals surface area contributed by atoms with Gasteiger partial charge in [-0.3, -0.25) is 19.7 Å². The van der Waals surface area contributed by atoms with Crippen LogP contribution < -0.4 is 10.6 Å². The minimum atomic E-state index is -0.707. The Labute approximate surface area is 260 Å². The largest absolute Gasteiger partial charge is 0.453 e. The van der Waals surface area contributed by atoms with Gasteiger partial charge in [0, 0.05) is 40.9 Å². The SMILES string of the molecule is COC(=O)Nc1ccc2c(c1)NC(=O)[C@H](C)CCC[C@H](N1CCC(c3c(C(C)=O)ccc(Cl)c3F)=CC1=O)c1cccc-2c1. The smallest absolute Gasteiger partial charge is 0.411 e. The van der Waals surface area contributed by atoms with Crippen LogP contribution in [0.2, 0.25) is 5.02 Å². The zero-order valence-corrected chi connectivity index (χ0v) is 25.5. The Hall–Kier alpha value is -4.50. The third-order valence-corrected chi connectivity index (χ3v) is 8.52. The summed E-state index contributed by atoms with van der Waals surface area (Å²) in [6.45, 7) is 3.54. The molecule has 2 aliphatic heterocycles. The van der Waals surface area contributed by atoms with E-state index in [9.17, 15) is 19.2 Å². The molecule has 5 rings (SSSR count). The summed E-state index contributed by atoms with van der Waals surface area (Å²) in [4.78, 5) is 52.7. The number of carbonyl (C=O) groups excluding carboxylic acids is 4. The van der Waals surface area contributed by atoms with E-state index in [0.717, 1.165) is 16.7 Å². The number of halogens is 2. The third-order valence-electron chi connectivity index (χ3n) is 8.23. The number of ether oxygens (including phenoxy) is 1. The second-order valence-corrected chi connectivity index (χ2v) is 11.5. The molecule has 3 aromatic carbocycles. The van der Waals surface area contributed by atoms with Gasteiger partial charge < -0.3 is 15.0 Å². The standard InChI is InChI=1S/C34H33ClFN3O5/c1-19-6-4-9-29(39-15-14-23(17-30(39)41)31-25(20(2)40)12-13-27(35)32(31)36)22-8-5-7-21(16-22)26-11-10-24(37-34(43)44-3)18-28(26)38-33(19)42/h5,7-8,10-13,16-19,29H,4,6,9,14-15H2,1-3H3,(H,37,43)(H,38,42)/t19-,29+/m1/s1. The number of nitrogens with zero attached hydrogens (tertiary/aromatic N) is 1. The minimum Gasteiger partial charge on any atom is -0.453 e. The van der Waals surface area contributed by atoms with Crippen molar-refractivity contribution in [3.63, 3.8) is 0 Å². The van der Waals surface area contributed by atoms with Crippen molar-refractivity contribution in [1.29, 1.82) is 0 Å². The molecule has 0 fully saturated rings.